The van der Waals surface area contributed by atoms with E-state index < -0.39 is 6.10 Å². The fourth-order valence-corrected chi connectivity index (χ4v) is 0.793. The Hall–Kier alpha value is -0.160. The maximum atomic E-state index is 9.27. The Morgan fingerprint density at radius 2 is 2.18 bits per heavy atom. The molecule has 0 radical (unpaired) electrons. The molecule has 0 aromatic heterocycles. The van der Waals surface area contributed by atoms with Crippen LogP contribution in [0.1, 0.15) is 6.92 Å². The third-order valence-corrected chi connectivity index (χ3v) is 1.39. The molecule has 0 saturated heterocycles. The number of aliphatic hydroxyl groups excluding tert-OH is 2. The first kappa shape index (κ1) is 10.8. The summed E-state index contributed by atoms with van der Waals surface area (Å²) in [4.78, 5) is 1.65. The van der Waals surface area contributed by atoms with Crippen LogP contribution in [0.5, 0.6) is 0 Å². The fraction of sp³-hybridized carbons (Fsp3) is 1.00. The normalized spacial score (nSPS) is 13.9. The molecule has 0 aliphatic rings. The molecule has 1 atom stereocenters. The summed E-state index contributed by atoms with van der Waals surface area (Å²) in [6.07, 6.45) is -0.396. The molecule has 0 aromatic rings. The summed E-state index contributed by atoms with van der Waals surface area (Å²) in [6, 6.07) is 0. The van der Waals surface area contributed by atoms with Gasteiger partial charge in [0.25, 0.3) is 0 Å². The van der Waals surface area contributed by atoms with E-state index in [4.69, 9.17) is 5.11 Å². The molecule has 11 heavy (non-hydrogen) atoms. The van der Waals surface area contributed by atoms with Gasteiger partial charge in [0.2, 0.25) is 0 Å². The first-order chi connectivity index (χ1) is 5.20. The van der Waals surface area contributed by atoms with Gasteiger partial charge in [0.15, 0.2) is 0 Å². The van der Waals surface area contributed by atoms with Crippen LogP contribution in [-0.2, 0) is 0 Å². The van der Waals surface area contributed by atoms with Crippen LogP contribution in [0.2, 0.25) is 0 Å². The predicted octanol–water partition coefficient (Wildman–Crippen LogP) is -1.16. The third kappa shape index (κ3) is 6.25. The smallest absolute Gasteiger partial charge is 0.0954 e. The van der Waals surface area contributed by atoms with Gasteiger partial charge >= 0.3 is 0 Å². The lowest BCUT2D eigenvalue weighted by atomic mass is 10.3. The summed E-state index contributed by atoms with van der Waals surface area (Å²) >= 11 is 0. The van der Waals surface area contributed by atoms with E-state index in [0.717, 1.165) is 6.54 Å². The Morgan fingerprint density at radius 1 is 1.55 bits per heavy atom. The predicted molar refractivity (Wildman–Crippen MR) is 44.3 cm³/mol. The van der Waals surface area contributed by atoms with Gasteiger partial charge in [-0.1, -0.05) is 6.92 Å². The van der Waals surface area contributed by atoms with Gasteiger partial charge in [-0.05, 0) is 13.6 Å². The molecule has 0 fully saturated rings. The van der Waals surface area contributed by atoms with Gasteiger partial charge < -0.3 is 15.5 Å². The highest BCUT2D eigenvalue weighted by Gasteiger charge is 2.05. The molecule has 0 unspecified atom stereocenters. The summed E-state index contributed by atoms with van der Waals surface area (Å²) in [6.45, 7) is 3.93. The lowest BCUT2D eigenvalue weighted by Gasteiger charge is -2.17. The van der Waals surface area contributed by atoms with E-state index in [1.54, 1.807) is 11.9 Å². The molecule has 0 spiro atoms. The van der Waals surface area contributed by atoms with Crippen molar-refractivity contribution in [3.05, 3.63) is 0 Å². The maximum Gasteiger partial charge on any atom is 0.0954 e. The van der Waals surface area contributed by atoms with E-state index in [0.29, 0.717) is 13.1 Å². The number of nitrogens with zero attached hydrogens (tertiary/aromatic N) is 1. The lowest BCUT2D eigenvalue weighted by Crippen LogP contribution is -2.36. The Balaban J connectivity index is 3.27. The van der Waals surface area contributed by atoms with E-state index in [-0.39, 0.29) is 6.73 Å². The zero-order chi connectivity index (χ0) is 8.69. The molecule has 0 aliphatic heterocycles. The van der Waals surface area contributed by atoms with Crippen LogP contribution in [0.3, 0.4) is 0 Å². The summed E-state index contributed by atoms with van der Waals surface area (Å²) in [5.74, 6) is 0. The molecule has 68 valence electrons. The van der Waals surface area contributed by atoms with Crippen molar-refractivity contribution in [3.8, 4) is 0 Å². The van der Waals surface area contributed by atoms with E-state index in [2.05, 4.69) is 5.32 Å². The number of hydrogen-bond acceptors (Lipinski definition) is 4. The van der Waals surface area contributed by atoms with Crippen molar-refractivity contribution in [1.82, 2.24) is 10.2 Å². The van der Waals surface area contributed by atoms with Crippen molar-refractivity contribution < 1.29 is 10.2 Å². The van der Waals surface area contributed by atoms with E-state index in [1.165, 1.54) is 0 Å². The van der Waals surface area contributed by atoms with Crippen LogP contribution in [0.4, 0.5) is 0 Å². The zero-order valence-corrected chi connectivity index (χ0v) is 7.25. The molecular formula is C7H18N2O2. The van der Waals surface area contributed by atoms with Crippen molar-refractivity contribution in [3.63, 3.8) is 0 Å². The SMILES string of the molecule is CCNC[C@@H](O)CN(C)CO. The zero-order valence-electron chi connectivity index (χ0n) is 7.25. The van der Waals surface area contributed by atoms with Crippen molar-refractivity contribution in [2.24, 2.45) is 0 Å². The van der Waals surface area contributed by atoms with Crippen LogP contribution in [0.15, 0.2) is 0 Å². The summed E-state index contributed by atoms with van der Waals surface area (Å²) in [5.41, 5.74) is 0. The summed E-state index contributed by atoms with van der Waals surface area (Å²) in [7, 11) is 1.76. The molecule has 0 rings (SSSR count). The Morgan fingerprint density at radius 3 is 2.64 bits per heavy atom. The van der Waals surface area contributed by atoms with Crippen LogP contribution >= 0.6 is 0 Å². The Labute approximate surface area is 67.8 Å². The van der Waals surface area contributed by atoms with Gasteiger partial charge in [0, 0.05) is 13.1 Å². The standard InChI is InChI=1S/C7H18N2O2/c1-3-8-4-7(11)5-9(2)6-10/h7-8,10-11H,3-6H2,1-2H3/t7-/m1/s1. The average molecular weight is 162 g/mol. The van der Waals surface area contributed by atoms with Crippen LogP contribution in [-0.4, -0.2) is 54.6 Å². The molecule has 4 heteroatoms. The van der Waals surface area contributed by atoms with Gasteiger partial charge in [0.1, 0.15) is 0 Å². The number of hydrogen-bond donors (Lipinski definition) is 3. The van der Waals surface area contributed by atoms with Crippen LogP contribution in [0.25, 0.3) is 0 Å². The van der Waals surface area contributed by atoms with Gasteiger partial charge in [-0.2, -0.15) is 0 Å². The molecule has 3 N–H and O–H groups in total. The van der Waals surface area contributed by atoms with E-state index >= 15 is 0 Å². The molecular weight excluding hydrogens is 144 g/mol. The number of nitrogens with one attached hydrogen (secondary N) is 1. The van der Waals surface area contributed by atoms with Crippen LogP contribution in [0, 0.1) is 0 Å². The molecule has 0 amide bonds. The molecule has 0 bridgehead atoms. The van der Waals surface area contributed by atoms with Crippen molar-refractivity contribution in [2.75, 3.05) is 33.4 Å². The first-order valence-electron chi connectivity index (χ1n) is 3.88. The number of rotatable bonds is 6. The minimum absolute atomic E-state index is 0.0107. The number of aliphatic hydroxyl groups is 2. The average Bonchev–Trinajstić information content (AvgIpc) is 2.00. The Bertz CT molecular complexity index is 90.5. The molecule has 0 saturated carbocycles. The minimum Gasteiger partial charge on any atom is -0.390 e. The maximum absolute atomic E-state index is 9.27. The Kier molecular flexibility index (Phi) is 6.45. The quantitative estimate of drug-likeness (QED) is 0.431. The third-order valence-electron chi connectivity index (χ3n) is 1.39. The fourth-order valence-electron chi connectivity index (χ4n) is 0.793. The number of likely N-dealkylation sites (N-methyl/N-ethyl adjacent to an activating group) is 2. The van der Waals surface area contributed by atoms with Gasteiger partial charge in [-0.3, -0.25) is 4.90 Å². The summed E-state index contributed by atoms with van der Waals surface area (Å²) < 4.78 is 0. The van der Waals surface area contributed by atoms with E-state index in [9.17, 15) is 5.11 Å². The second-order valence-electron chi connectivity index (χ2n) is 2.64. The first-order valence-corrected chi connectivity index (χ1v) is 3.88. The van der Waals surface area contributed by atoms with Crippen molar-refractivity contribution in [1.29, 1.82) is 0 Å². The highest BCUT2D eigenvalue weighted by atomic mass is 16.3. The monoisotopic (exact) mass is 162 g/mol. The van der Waals surface area contributed by atoms with Crippen molar-refractivity contribution in [2.45, 2.75) is 13.0 Å². The summed E-state index contributed by atoms with van der Waals surface area (Å²) in [5, 5.41) is 20.9. The van der Waals surface area contributed by atoms with Gasteiger partial charge in [-0.25, -0.2) is 0 Å². The van der Waals surface area contributed by atoms with Crippen molar-refractivity contribution >= 4 is 0 Å². The molecule has 4 nitrogen and oxygen atoms in total. The second kappa shape index (κ2) is 6.54. The topological polar surface area (TPSA) is 55.7 Å². The molecule has 0 aromatic carbocycles. The minimum atomic E-state index is -0.396. The molecule has 0 aliphatic carbocycles. The van der Waals surface area contributed by atoms with E-state index in [1.807, 2.05) is 6.92 Å². The second-order valence-corrected chi connectivity index (χ2v) is 2.64. The highest BCUT2D eigenvalue weighted by Crippen LogP contribution is 1.85. The lowest BCUT2D eigenvalue weighted by molar-refractivity contribution is 0.0702. The van der Waals surface area contributed by atoms with Gasteiger partial charge in [0.05, 0.1) is 12.8 Å². The highest BCUT2D eigenvalue weighted by molar-refractivity contribution is 4.61. The van der Waals surface area contributed by atoms with Crippen LogP contribution < -0.4 is 5.32 Å². The largest absolute Gasteiger partial charge is 0.390 e. The van der Waals surface area contributed by atoms with Gasteiger partial charge in [-0.15, -0.1) is 0 Å². The molecule has 0 heterocycles.